The highest BCUT2D eigenvalue weighted by Gasteiger charge is 2.09. The summed E-state index contributed by atoms with van der Waals surface area (Å²) in [5.74, 6) is -1.54. The van der Waals surface area contributed by atoms with Crippen LogP contribution in [0.15, 0.2) is 18.2 Å². The molecule has 0 bridgehead atoms. The van der Waals surface area contributed by atoms with E-state index in [1.807, 2.05) is 0 Å². The number of hydrogen-bond acceptors (Lipinski definition) is 4. The van der Waals surface area contributed by atoms with Crippen LogP contribution in [-0.4, -0.2) is 29.4 Å². The number of carboxylic acid groups (broad SMARTS) is 1. The third-order valence-corrected chi connectivity index (χ3v) is 1.91. The second-order valence-corrected chi connectivity index (χ2v) is 3.00. The number of carbonyl (C=O) groups excluding carboxylic acids is 1. The molecule has 1 aromatic rings. The normalized spacial score (nSPS) is 9.56. The minimum absolute atomic E-state index is 0.153. The Labute approximate surface area is 91.5 Å². The van der Waals surface area contributed by atoms with E-state index in [1.54, 1.807) is 0 Å². The molecule has 6 nitrogen and oxygen atoms in total. The van der Waals surface area contributed by atoms with Crippen LogP contribution in [0.25, 0.3) is 0 Å². The summed E-state index contributed by atoms with van der Waals surface area (Å²) in [6.45, 7) is 0.153. The molecule has 0 aliphatic heterocycles. The molecule has 0 atom stereocenters. The first-order valence-corrected chi connectivity index (χ1v) is 4.41. The van der Waals surface area contributed by atoms with E-state index in [4.69, 9.17) is 5.11 Å². The molecule has 0 aromatic heterocycles. The average molecular weight is 225 g/mol. The number of carboxylic acids is 1. The molecule has 0 heterocycles. The number of rotatable bonds is 3. The molecule has 1 aromatic carbocycles. The van der Waals surface area contributed by atoms with Crippen molar-refractivity contribution >= 4 is 12.1 Å². The second-order valence-electron chi connectivity index (χ2n) is 3.00. The van der Waals surface area contributed by atoms with E-state index in [0.29, 0.717) is 5.56 Å². The fraction of sp³-hybridized carbons (Fsp3) is 0.200. The smallest absolute Gasteiger partial charge is 0.407 e. The molecule has 16 heavy (non-hydrogen) atoms. The lowest BCUT2D eigenvalue weighted by Gasteiger charge is -2.05. The van der Waals surface area contributed by atoms with Crippen LogP contribution in [0.5, 0.6) is 5.75 Å². The molecular weight excluding hydrogens is 214 g/mol. The van der Waals surface area contributed by atoms with Crippen molar-refractivity contribution in [2.45, 2.75) is 6.54 Å². The monoisotopic (exact) mass is 225 g/mol. The summed E-state index contributed by atoms with van der Waals surface area (Å²) in [7, 11) is 1.24. The second kappa shape index (κ2) is 5.01. The summed E-state index contributed by atoms with van der Waals surface area (Å²) in [5.41, 5.74) is 0.398. The van der Waals surface area contributed by atoms with Crippen LogP contribution in [0.2, 0.25) is 0 Å². The maximum absolute atomic E-state index is 10.8. The fourth-order valence-corrected chi connectivity index (χ4v) is 1.11. The molecule has 0 aliphatic carbocycles. The Kier molecular flexibility index (Phi) is 3.71. The molecule has 0 saturated heterocycles. The largest absolute Gasteiger partial charge is 0.507 e. The van der Waals surface area contributed by atoms with Crippen LogP contribution in [-0.2, 0) is 11.3 Å². The summed E-state index contributed by atoms with van der Waals surface area (Å²) in [5, 5.41) is 20.4. The fourth-order valence-electron chi connectivity index (χ4n) is 1.11. The summed E-state index contributed by atoms with van der Waals surface area (Å²) in [6.07, 6.45) is -0.596. The minimum Gasteiger partial charge on any atom is -0.507 e. The zero-order valence-corrected chi connectivity index (χ0v) is 8.56. The number of hydrogen-bond donors (Lipinski definition) is 3. The molecule has 0 saturated carbocycles. The lowest BCUT2D eigenvalue weighted by Crippen LogP contribution is -2.22. The molecule has 1 amide bonds. The number of nitrogens with one attached hydrogen (secondary N) is 1. The Morgan fingerprint density at radius 3 is 2.62 bits per heavy atom. The molecule has 86 valence electrons. The number of benzene rings is 1. The molecule has 6 heteroatoms. The topological polar surface area (TPSA) is 95.9 Å². The molecule has 0 unspecified atom stereocenters. The predicted octanol–water partition coefficient (Wildman–Crippen LogP) is 0.946. The Balaban J connectivity index is 2.74. The Morgan fingerprint density at radius 1 is 1.44 bits per heavy atom. The van der Waals surface area contributed by atoms with Gasteiger partial charge in [0.05, 0.1) is 7.11 Å². The quantitative estimate of drug-likeness (QED) is 0.711. The van der Waals surface area contributed by atoms with Gasteiger partial charge in [-0.3, -0.25) is 0 Å². The molecule has 0 radical (unpaired) electrons. The first-order chi connectivity index (χ1) is 7.54. The van der Waals surface area contributed by atoms with Gasteiger partial charge in [0.25, 0.3) is 0 Å². The zero-order chi connectivity index (χ0) is 12.1. The lowest BCUT2D eigenvalue weighted by molar-refractivity contribution is 0.0693. The van der Waals surface area contributed by atoms with Crippen LogP contribution < -0.4 is 5.32 Å². The van der Waals surface area contributed by atoms with Crippen molar-refractivity contribution in [3.8, 4) is 5.75 Å². The molecule has 3 N–H and O–H groups in total. The molecular formula is C10H11NO5. The van der Waals surface area contributed by atoms with Gasteiger partial charge >= 0.3 is 12.1 Å². The Hall–Kier alpha value is -2.24. The summed E-state index contributed by atoms with van der Waals surface area (Å²) >= 11 is 0. The minimum atomic E-state index is -1.20. The van der Waals surface area contributed by atoms with E-state index in [1.165, 1.54) is 25.3 Å². The predicted molar refractivity (Wildman–Crippen MR) is 54.3 cm³/mol. The number of alkyl carbamates (subject to hydrolysis) is 1. The van der Waals surface area contributed by atoms with Crippen LogP contribution in [0.1, 0.15) is 15.9 Å². The van der Waals surface area contributed by atoms with Gasteiger partial charge in [0.1, 0.15) is 11.3 Å². The number of methoxy groups -OCH3 is 1. The standard InChI is InChI=1S/C10H11NO5/c1-16-10(15)11-5-6-2-3-7(9(13)14)8(12)4-6/h2-4,12H,5H2,1H3,(H,11,15)(H,13,14). The van der Waals surface area contributed by atoms with Gasteiger partial charge < -0.3 is 20.3 Å². The summed E-state index contributed by atoms with van der Waals surface area (Å²) < 4.78 is 4.36. The van der Waals surface area contributed by atoms with Crippen molar-refractivity contribution in [1.82, 2.24) is 5.32 Å². The van der Waals surface area contributed by atoms with Gasteiger partial charge in [0.15, 0.2) is 0 Å². The van der Waals surface area contributed by atoms with E-state index in [-0.39, 0.29) is 17.9 Å². The highest BCUT2D eigenvalue weighted by atomic mass is 16.5. The van der Waals surface area contributed by atoms with E-state index in [0.717, 1.165) is 0 Å². The highest BCUT2D eigenvalue weighted by molar-refractivity contribution is 5.90. The number of aromatic hydroxyl groups is 1. The number of amides is 1. The van der Waals surface area contributed by atoms with Gasteiger partial charge in [-0.25, -0.2) is 9.59 Å². The van der Waals surface area contributed by atoms with Crippen LogP contribution in [0.3, 0.4) is 0 Å². The molecule has 0 aliphatic rings. The zero-order valence-electron chi connectivity index (χ0n) is 8.56. The molecule has 0 fully saturated rings. The lowest BCUT2D eigenvalue weighted by atomic mass is 10.1. The van der Waals surface area contributed by atoms with Gasteiger partial charge in [-0.05, 0) is 17.7 Å². The third-order valence-electron chi connectivity index (χ3n) is 1.91. The number of aromatic carboxylic acids is 1. The number of phenols is 1. The average Bonchev–Trinajstić information content (AvgIpc) is 2.25. The SMILES string of the molecule is COC(=O)NCc1ccc(C(=O)O)c(O)c1. The van der Waals surface area contributed by atoms with E-state index in [2.05, 4.69) is 10.1 Å². The van der Waals surface area contributed by atoms with Crippen LogP contribution in [0, 0.1) is 0 Å². The molecule has 0 spiro atoms. The maximum Gasteiger partial charge on any atom is 0.407 e. The summed E-state index contributed by atoms with van der Waals surface area (Å²) in [4.78, 5) is 21.4. The maximum atomic E-state index is 10.8. The Bertz CT molecular complexity index is 416. The Morgan fingerprint density at radius 2 is 2.12 bits per heavy atom. The van der Waals surface area contributed by atoms with Crippen molar-refractivity contribution < 1.29 is 24.5 Å². The van der Waals surface area contributed by atoms with Crippen molar-refractivity contribution in [3.05, 3.63) is 29.3 Å². The van der Waals surface area contributed by atoms with E-state index in [9.17, 15) is 14.7 Å². The van der Waals surface area contributed by atoms with Crippen molar-refractivity contribution in [3.63, 3.8) is 0 Å². The highest BCUT2D eigenvalue weighted by Crippen LogP contribution is 2.18. The van der Waals surface area contributed by atoms with Gasteiger partial charge in [-0.1, -0.05) is 6.07 Å². The first-order valence-electron chi connectivity index (χ1n) is 4.41. The van der Waals surface area contributed by atoms with Gasteiger partial charge in [0, 0.05) is 6.54 Å². The van der Waals surface area contributed by atoms with E-state index < -0.39 is 12.1 Å². The van der Waals surface area contributed by atoms with Gasteiger partial charge in [-0.2, -0.15) is 0 Å². The van der Waals surface area contributed by atoms with Crippen molar-refractivity contribution in [2.24, 2.45) is 0 Å². The van der Waals surface area contributed by atoms with Crippen molar-refractivity contribution in [2.75, 3.05) is 7.11 Å². The number of ether oxygens (including phenoxy) is 1. The number of carbonyl (C=O) groups is 2. The molecule has 1 rings (SSSR count). The van der Waals surface area contributed by atoms with Crippen molar-refractivity contribution in [1.29, 1.82) is 0 Å². The van der Waals surface area contributed by atoms with Crippen LogP contribution >= 0.6 is 0 Å². The van der Waals surface area contributed by atoms with Gasteiger partial charge in [0.2, 0.25) is 0 Å². The summed E-state index contributed by atoms with van der Waals surface area (Å²) in [6, 6.07) is 4.05. The van der Waals surface area contributed by atoms with Crippen LogP contribution in [0.4, 0.5) is 4.79 Å². The first kappa shape index (κ1) is 11.8. The van der Waals surface area contributed by atoms with E-state index >= 15 is 0 Å². The van der Waals surface area contributed by atoms with Gasteiger partial charge in [-0.15, -0.1) is 0 Å². The third kappa shape index (κ3) is 2.88.